The van der Waals surface area contributed by atoms with Gasteiger partial charge in [0.1, 0.15) is 23.2 Å². The predicted molar refractivity (Wildman–Crippen MR) is 288 cm³/mol. The molecule has 11 heteroatoms. The Labute approximate surface area is 399 Å². The molecule has 6 heterocycles. The third kappa shape index (κ3) is 14.0. The molecule has 9 aromatic rings. The second-order valence-electron chi connectivity index (χ2n) is 17.2. The number of aryl methyl sites for hydroxylation is 5. The van der Waals surface area contributed by atoms with Crippen LogP contribution >= 0.6 is 0 Å². The van der Waals surface area contributed by atoms with Crippen molar-refractivity contribution in [3.05, 3.63) is 132 Å². The summed E-state index contributed by atoms with van der Waals surface area (Å²) in [7, 11) is 10.1. The number of para-hydroxylation sites is 4. The van der Waals surface area contributed by atoms with Gasteiger partial charge in [-0.3, -0.25) is 14.0 Å². The van der Waals surface area contributed by atoms with Gasteiger partial charge < -0.3 is 9.13 Å². The number of hydrogen-bond acceptors (Lipinski definition) is 6. The standard InChI is InChI=1S/C12H15N.2C11H14N2.C9H12N4.C7H12N2.5CH4/c1-9(2)11-8-13(3)12-7-5-4-6-10(11)12;1-8(2)11-12-9-6-4-5-7-10(9)13(11)3;1-8(2)11-9-6-4-5-7-10(9)13(3)12-11;1-6(2)8-9-7(10-5-11-8)4-12-13(9)3;1-6(2)7-4-5-8-9(7)3;;;;;/h4-9H,1-3H3;2*4-8H,1-3H3;4-6H,1-3H3;4-6H,1-3H3;5*1H4. The maximum absolute atomic E-state index is 4.57. The molecule has 66 heavy (non-hydrogen) atoms. The van der Waals surface area contributed by atoms with Crippen molar-refractivity contribution in [3.8, 4) is 0 Å². The first-order chi connectivity index (χ1) is 29.0. The lowest BCUT2D eigenvalue weighted by molar-refractivity contribution is 0.669. The number of fused-ring (bicyclic) bond motifs is 4. The zero-order chi connectivity index (χ0) is 44.5. The highest BCUT2D eigenvalue weighted by atomic mass is 15.3. The second kappa shape index (κ2) is 26.8. The van der Waals surface area contributed by atoms with E-state index in [0.717, 1.165) is 28.1 Å². The van der Waals surface area contributed by atoms with Gasteiger partial charge in [-0.15, -0.1) is 0 Å². The van der Waals surface area contributed by atoms with Crippen molar-refractivity contribution in [2.45, 2.75) is 136 Å². The molecular formula is C55H87N11. The van der Waals surface area contributed by atoms with Crippen LogP contribution in [-0.2, 0) is 35.2 Å². The number of imidazole rings is 1. The minimum atomic E-state index is 0. The summed E-state index contributed by atoms with van der Waals surface area (Å²) in [4.78, 5) is 13.0. The van der Waals surface area contributed by atoms with Crippen LogP contribution < -0.4 is 0 Å². The molecule has 0 aliphatic heterocycles. The quantitative estimate of drug-likeness (QED) is 0.170. The van der Waals surface area contributed by atoms with Gasteiger partial charge in [-0.25, -0.2) is 15.0 Å². The topological polar surface area (TPSA) is 102 Å². The summed E-state index contributed by atoms with van der Waals surface area (Å²) < 4.78 is 10.0. The summed E-state index contributed by atoms with van der Waals surface area (Å²) >= 11 is 0. The molecule has 0 unspecified atom stereocenters. The van der Waals surface area contributed by atoms with Crippen LogP contribution in [0, 0.1) is 0 Å². The fraction of sp³-hybridized carbons (Fsp3) is 0.455. The summed E-state index contributed by atoms with van der Waals surface area (Å²) in [5, 5.41) is 15.4. The van der Waals surface area contributed by atoms with Gasteiger partial charge in [0.15, 0.2) is 0 Å². The Morgan fingerprint density at radius 1 is 0.470 bits per heavy atom. The summed E-state index contributed by atoms with van der Waals surface area (Å²) in [6.07, 6.45) is 7.42. The minimum Gasteiger partial charge on any atom is -0.350 e. The van der Waals surface area contributed by atoms with Gasteiger partial charge in [0, 0.05) is 75.5 Å². The molecule has 0 saturated carbocycles. The van der Waals surface area contributed by atoms with E-state index >= 15 is 0 Å². The van der Waals surface area contributed by atoms with Crippen LogP contribution in [0.15, 0.2) is 104 Å². The van der Waals surface area contributed by atoms with Crippen LogP contribution in [0.1, 0.15) is 164 Å². The molecule has 0 fully saturated rings. The van der Waals surface area contributed by atoms with Gasteiger partial charge in [-0.2, -0.15) is 15.3 Å². The molecule has 0 spiro atoms. The van der Waals surface area contributed by atoms with Crippen LogP contribution in [0.4, 0.5) is 0 Å². The van der Waals surface area contributed by atoms with Gasteiger partial charge in [0.25, 0.3) is 0 Å². The van der Waals surface area contributed by atoms with E-state index < -0.39 is 0 Å². The van der Waals surface area contributed by atoms with E-state index in [1.54, 1.807) is 12.5 Å². The third-order valence-corrected chi connectivity index (χ3v) is 10.8. The highest BCUT2D eigenvalue weighted by Crippen LogP contribution is 2.27. The van der Waals surface area contributed by atoms with E-state index in [1.807, 2.05) is 65.7 Å². The maximum Gasteiger partial charge on any atom is 0.116 e. The SMILES string of the molecule is C.C.C.C.C.CC(C)c1ccnn1C.CC(C)c1cn(C)c2ccccc12.CC(C)c1nc2ccccc2n1C.CC(C)c1ncnc2cnn(C)c12.CC(C)c1nn(C)c2ccccc12. The van der Waals surface area contributed by atoms with E-state index in [0.29, 0.717) is 29.6 Å². The molecule has 0 aliphatic carbocycles. The van der Waals surface area contributed by atoms with Crippen molar-refractivity contribution >= 4 is 43.9 Å². The first-order valence-electron chi connectivity index (χ1n) is 21.5. The fourth-order valence-electron chi connectivity index (χ4n) is 7.59. The largest absolute Gasteiger partial charge is 0.350 e. The van der Waals surface area contributed by atoms with E-state index in [1.165, 1.54) is 44.3 Å². The Bertz CT molecular complexity index is 2670. The molecule has 3 aromatic carbocycles. The van der Waals surface area contributed by atoms with Crippen molar-refractivity contribution in [1.82, 2.24) is 53.4 Å². The van der Waals surface area contributed by atoms with Crippen LogP contribution in [0.3, 0.4) is 0 Å². The van der Waals surface area contributed by atoms with Crippen LogP contribution in [0.5, 0.6) is 0 Å². The number of benzene rings is 3. The average Bonchev–Trinajstić information content (AvgIpc) is 4.07. The average molecular weight is 902 g/mol. The summed E-state index contributed by atoms with van der Waals surface area (Å²) in [6, 6.07) is 27.2. The summed E-state index contributed by atoms with van der Waals surface area (Å²) in [5.74, 6) is 3.72. The Hall–Kier alpha value is -6.10. The number of hydrogen-bond donors (Lipinski definition) is 0. The lowest BCUT2D eigenvalue weighted by Crippen LogP contribution is -1.99. The molecule has 6 aromatic heterocycles. The van der Waals surface area contributed by atoms with Gasteiger partial charge in [-0.1, -0.05) is 155 Å². The van der Waals surface area contributed by atoms with Gasteiger partial charge in [0.05, 0.1) is 34.1 Å². The Morgan fingerprint density at radius 2 is 1.03 bits per heavy atom. The van der Waals surface area contributed by atoms with E-state index in [-0.39, 0.29) is 37.1 Å². The molecule has 0 N–H and O–H groups in total. The van der Waals surface area contributed by atoms with Crippen molar-refractivity contribution < 1.29 is 0 Å². The fourth-order valence-corrected chi connectivity index (χ4v) is 7.59. The number of aromatic nitrogens is 11. The highest BCUT2D eigenvalue weighted by Gasteiger charge is 2.13. The molecule has 0 aliphatic rings. The van der Waals surface area contributed by atoms with Crippen LogP contribution in [0.2, 0.25) is 0 Å². The molecule has 0 saturated heterocycles. The first-order valence-corrected chi connectivity index (χ1v) is 21.5. The zero-order valence-corrected chi connectivity index (χ0v) is 39.1. The molecule has 362 valence electrons. The molecule has 0 amide bonds. The number of nitrogens with zero attached hydrogens (tertiary/aromatic N) is 11. The molecule has 0 atom stereocenters. The third-order valence-electron chi connectivity index (χ3n) is 10.8. The zero-order valence-electron chi connectivity index (χ0n) is 39.1. The monoisotopic (exact) mass is 902 g/mol. The van der Waals surface area contributed by atoms with E-state index in [4.69, 9.17) is 0 Å². The van der Waals surface area contributed by atoms with Crippen molar-refractivity contribution in [2.75, 3.05) is 0 Å². The predicted octanol–water partition coefficient (Wildman–Crippen LogP) is 14.9. The maximum atomic E-state index is 4.57. The molecule has 0 radical (unpaired) electrons. The van der Waals surface area contributed by atoms with Gasteiger partial charge in [-0.05, 0) is 59.6 Å². The lowest BCUT2D eigenvalue weighted by atomic mass is 10.0. The van der Waals surface area contributed by atoms with Crippen molar-refractivity contribution in [1.29, 1.82) is 0 Å². The first kappa shape index (κ1) is 59.9. The van der Waals surface area contributed by atoms with Crippen molar-refractivity contribution in [2.24, 2.45) is 35.2 Å². The van der Waals surface area contributed by atoms with Gasteiger partial charge >= 0.3 is 0 Å². The second-order valence-corrected chi connectivity index (χ2v) is 17.2. The Morgan fingerprint density at radius 3 is 1.55 bits per heavy atom. The lowest BCUT2D eigenvalue weighted by Gasteiger charge is -2.05. The van der Waals surface area contributed by atoms with E-state index in [9.17, 15) is 0 Å². The molecule has 11 nitrogen and oxygen atoms in total. The highest BCUT2D eigenvalue weighted by molar-refractivity contribution is 5.84. The summed E-state index contributed by atoms with van der Waals surface area (Å²) in [6.45, 7) is 21.7. The number of rotatable bonds is 5. The molecule has 9 rings (SSSR count). The Kier molecular flexibility index (Phi) is 24.3. The molecular weight excluding hydrogens is 815 g/mol. The van der Waals surface area contributed by atoms with Crippen molar-refractivity contribution in [3.63, 3.8) is 0 Å². The smallest absolute Gasteiger partial charge is 0.116 e. The van der Waals surface area contributed by atoms with Crippen LogP contribution in [-0.4, -0.2) is 53.4 Å². The minimum absolute atomic E-state index is 0. The Balaban J connectivity index is 0.000000789. The van der Waals surface area contributed by atoms with E-state index in [2.05, 4.69) is 184 Å². The van der Waals surface area contributed by atoms with Gasteiger partial charge in [0.2, 0.25) is 0 Å². The summed E-state index contributed by atoms with van der Waals surface area (Å²) in [5.41, 5.74) is 11.8. The normalized spacial score (nSPS) is 10.4. The molecule has 0 bridgehead atoms. The van der Waals surface area contributed by atoms with Crippen LogP contribution in [0.25, 0.3) is 43.9 Å².